The number of halogens is 1. The van der Waals surface area contributed by atoms with Crippen LogP contribution in [0.1, 0.15) is 28.9 Å². The van der Waals surface area contributed by atoms with Crippen molar-refractivity contribution in [2.75, 3.05) is 5.32 Å². The maximum atomic E-state index is 14.2. The normalized spacial score (nSPS) is 20.8. The van der Waals surface area contributed by atoms with Gasteiger partial charge in [-0.15, -0.1) is 11.3 Å². The van der Waals surface area contributed by atoms with Crippen LogP contribution in [0.25, 0.3) is 0 Å². The van der Waals surface area contributed by atoms with E-state index < -0.39 is 0 Å². The molecule has 4 rings (SSSR count). The van der Waals surface area contributed by atoms with Gasteiger partial charge in [0.05, 0.1) is 12.1 Å². The van der Waals surface area contributed by atoms with Gasteiger partial charge in [0, 0.05) is 10.4 Å². The molecule has 21 heavy (non-hydrogen) atoms. The Morgan fingerprint density at radius 3 is 2.95 bits per heavy atom. The van der Waals surface area contributed by atoms with E-state index in [1.54, 1.807) is 22.1 Å². The average Bonchev–Trinajstić information content (AvgIpc) is 3.18. The molecule has 1 aliphatic rings. The molecule has 0 saturated carbocycles. The largest absolute Gasteiger partial charge is 0.347 e. The number of benzene rings is 1. The highest BCUT2D eigenvalue weighted by Crippen LogP contribution is 2.39. The summed E-state index contributed by atoms with van der Waals surface area (Å²) in [6.07, 6.45) is 2.25. The van der Waals surface area contributed by atoms with Gasteiger partial charge < -0.3 is 5.32 Å². The van der Waals surface area contributed by atoms with Crippen LogP contribution in [-0.2, 0) is 0 Å². The SMILES string of the molecule is Fc1ccccc1[C@@H]1C[C@@H](c2cccs2)Nc2ncnn21. The van der Waals surface area contributed by atoms with Gasteiger partial charge in [0.15, 0.2) is 0 Å². The zero-order valence-electron chi connectivity index (χ0n) is 11.1. The number of fused-ring (bicyclic) bond motifs is 1. The predicted molar refractivity (Wildman–Crippen MR) is 79.9 cm³/mol. The predicted octanol–water partition coefficient (Wildman–Crippen LogP) is 3.63. The van der Waals surface area contributed by atoms with Crippen LogP contribution >= 0.6 is 11.3 Å². The molecule has 2 aromatic heterocycles. The molecule has 6 heteroatoms. The lowest BCUT2D eigenvalue weighted by Crippen LogP contribution is -2.28. The molecule has 0 aliphatic carbocycles. The minimum Gasteiger partial charge on any atom is -0.347 e. The highest BCUT2D eigenvalue weighted by atomic mass is 32.1. The van der Waals surface area contributed by atoms with Crippen LogP contribution in [0, 0.1) is 5.82 Å². The first-order valence-electron chi connectivity index (χ1n) is 6.77. The molecule has 3 heterocycles. The van der Waals surface area contributed by atoms with Crippen molar-refractivity contribution in [1.82, 2.24) is 14.8 Å². The summed E-state index contributed by atoms with van der Waals surface area (Å²) < 4.78 is 15.9. The van der Waals surface area contributed by atoms with E-state index in [2.05, 4.69) is 26.8 Å². The van der Waals surface area contributed by atoms with E-state index in [1.165, 1.54) is 17.3 Å². The van der Waals surface area contributed by atoms with Gasteiger partial charge in [0.25, 0.3) is 0 Å². The Morgan fingerprint density at radius 2 is 2.14 bits per heavy atom. The van der Waals surface area contributed by atoms with Gasteiger partial charge in [-0.25, -0.2) is 9.07 Å². The first-order valence-corrected chi connectivity index (χ1v) is 7.65. The first kappa shape index (κ1) is 12.5. The lowest BCUT2D eigenvalue weighted by atomic mass is 9.96. The fourth-order valence-corrected chi connectivity index (χ4v) is 3.59. The summed E-state index contributed by atoms with van der Waals surface area (Å²) in [4.78, 5) is 5.47. The molecule has 106 valence electrons. The van der Waals surface area contributed by atoms with Crippen LogP contribution in [0.4, 0.5) is 10.3 Å². The van der Waals surface area contributed by atoms with E-state index in [0.29, 0.717) is 11.5 Å². The van der Waals surface area contributed by atoms with Crippen LogP contribution < -0.4 is 5.32 Å². The molecule has 0 saturated heterocycles. The maximum absolute atomic E-state index is 14.2. The lowest BCUT2D eigenvalue weighted by molar-refractivity contribution is 0.418. The molecule has 0 fully saturated rings. The van der Waals surface area contributed by atoms with Crippen molar-refractivity contribution in [1.29, 1.82) is 0 Å². The van der Waals surface area contributed by atoms with E-state index in [-0.39, 0.29) is 17.9 Å². The fourth-order valence-electron chi connectivity index (χ4n) is 2.80. The summed E-state index contributed by atoms with van der Waals surface area (Å²) in [5.74, 6) is 0.490. The van der Waals surface area contributed by atoms with Gasteiger partial charge in [0.1, 0.15) is 12.1 Å². The minimum atomic E-state index is -0.198. The van der Waals surface area contributed by atoms with E-state index in [4.69, 9.17) is 0 Å². The first-order chi connectivity index (χ1) is 10.3. The zero-order chi connectivity index (χ0) is 14.2. The molecule has 1 N–H and O–H groups in total. The summed E-state index contributed by atoms with van der Waals surface area (Å²) in [5, 5.41) is 9.68. The van der Waals surface area contributed by atoms with Gasteiger partial charge in [-0.1, -0.05) is 24.3 Å². The Morgan fingerprint density at radius 1 is 1.24 bits per heavy atom. The Labute approximate surface area is 125 Å². The van der Waals surface area contributed by atoms with Gasteiger partial charge in [0.2, 0.25) is 5.95 Å². The molecule has 1 aliphatic heterocycles. The summed E-state index contributed by atoms with van der Waals surface area (Å²) in [6.45, 7) is 0. The van der Waals surface area contributed by atoms with E-state index in [9.17, 15) is 4.39 Å². The third-order valence-electron chi connectivity index (χ3n) is 3.78. The summed E-state index contributed by atoms with van der Waals surface area (Å²) in [7, 11) is 0. The second-order valence-electron chi connectivity index (χ2n) is 5.01. The molecule has 4 nitrogen and oxygen atoms in total. The van der Waals surface area contributed by atoms with Crippen molar-refractivity contribution >= 4 is 17.3 Å². The lowest BCUT2D eigenvalue weighted by Gasteiger charge is -2.31. The number of nitrogens with one attached hydrogen (secondary N) is 1. The molecule has 3 aromatic rings. The number of rotatable bonds is 2. The number of anilines is 1. The maximum Gasteiger partial charge on any atom is 0.222 e. The molecule has 0 bridgehead atoms. The third kappa shape index (κ3) is 2.12. The van der Waals surface area contributed by atoms with Crippen molar-refractivity contribution < 1.29 is 4.39 Å². The van der Waals surface area contributed by atoms with Crippen molar-refractivity contribution in [2.24, 2.45) is 0 Å². The van der Waals surface area contributed by atoms with Crippen LogP contribution in [0.5, 0.6) is 0 Å². The Kier molecular flexibility index (Phi) is 2.96. The van der Waals surface area contributed by atoms with Gasteiger partial charge >= 0.3 is 0 Å². The Bertz CT molecular complexity index is 753. The summed E-state index contributed by atoms with van der Waals surface area (Å²) in [5.41, 5.74) is 0.660. The average molecular weight is 300 g/mol. The van der Waals surface area contributed by atoms with E-state index in [0.717, 1.165) is 6.42 Å². The van der Waals surface area contributed by atoms with Crippen LogP contribution in [0.15, 0.2) is 48.1 Å². The molecule has 1 aromatic carbocycles. The van der Waals surface area contributed by atoms with Crippen LogP contribution in [0.2, 0.25) is 0 Å². The third-order valence-corrected chi connectivity index (χ3v) is 4.77. The molecule has 0 radical (unpaired) electrons. The number of hydrogen-bond acceptors (Lipinski definition) is 4. The Hall–Kier alpha value is -2.21. The standard InChI is InChI=1S/C15H13FN4S/c16-11-5-2-1-4-10(11)13-8-12(14-6-3-7-21-14)19-15-17-9-18-20(13)15/h1-7,9,12-13H,8H2,(H,17,18,19)/t12-,13-/m0/s1. The van der Waals surface area contributed by atoms with Crippen LogP contribution in [-0.4, -0.2) is 14.8 Å². The highest BCUT2D eigenvalue weighted by Gasteiger charge is 2.31. The Balaban J connectivity index is 1.78. The number of thiophene rings is 1. The molecular formula is C15H13FN4S. The smallest absolute Gasteiger partial charge is 0.222 e. The second kappa shape index (κ2) is 4.96. The minimum absolute atomic E-state index is 0.131. The van der Waals surface area contributed by atoms with Crippen molar-refractivity contribution in [3.05, 3.63) is 64.4 Å². The molecular weight excluding hydrogens is 287 g/mol. The molecule has 2 atom stereocenters. The van der Waals surface area contributed by atoms with Gasteiger partial charge in [-0.3, -0.25) is 0 Å². The quantitative estimate of drug-likeness (QED) is 0.786. The van der Waals surface area contributed by atoms with Crippen molar-refractivity contribution in [2.45, 2.75) is 18.5 Å². The second-order valence-corrected chi connectivity index (χ2v) is 5.99. The van der Waals surface area contributed by atoms with E-state index in [1.807, 2.05) is 18.2 Å². The van der Waals surface area contributed by atoms with Crippen molar-refractivity contribution in [3.8, 4) is 0 Å². The molecule has 0 unspecified atom stereocenters. The summed E-state index contributed by atoms with van der Waals surface area (Å²) in [6, 6.07) is 11.0. The monoisotopic (exact) mass is 300 g/mol. The number of nitrogens with zero attached hydrogens (tertiary/aromatic N) is 3. The highest BCUT2D eigenvalue weighted by molar-refractivity contribution is 7.10. The zero-order valence-corrected chi connectivity index (χ0v) is 11.9. The van der Waals surface area contributed by atoms with Gasteiger partial charge in [-0.2, -0.15) is 10.1 Å². The topological polar surface area (TPSA) is 42.7 Å². The van der Waals surface area contributed by atoms with Crippen molar-refractivity contribution in [3.63, 3.8) is 0 Å². The number of hydrogen-bond donors (Lipinski definition) is 1. The summed E-state index contributed by atoms with van der Waals surface area (Å²) >= 11 is 1.69. The fraction of sp³-hybridized carbons (Fsp3) is 0.200. The van der Waals surface area contributed by atoms with Crippen LogP contribution in [0.3, 0.4) is 0 Å². The number of aromatic nitrogens is 3. The molecule has 0 spiro atoms. The van der Waals surface area contributed by atoms with E-state index >= 15 is 0 Å². The molecule has 0 amide bonds. The van der Waals surface area contributed by atoms with Gasteiger partial charge in [-0.05, 0) is 23.9 Å².